The van der Waals surface area contributed by atoms with E-state index in [1.165, 1.54) is 0 Å². The summed E-state index contributed by atoms with van der Waals surface area (Å²) in [5.74, 6) is 4.96. The predicted molar refractivity (Wildman–Crippen MR) is 74.5 cm³/mol. The lowest BCUT2D eigenvalue weighted by atomic mass is 10.2. The number of anilines is 1. The molecule has 0 aliphatic carbocycles. The maximum absolute atomic E-state index is 11.8. The van der Waals surface area contributed by atoms with Crippen LogP contribution in [0.2, 0.25) is 0 Å². The van der Waals surface area contributed by atoms with Crippen LogP contribution in [0.3, 0.4) is 0 Å². The van der Waals surface area contributed by atoms with Crippen LogP contribution < -0.4 is 21.9 Å². The molecule has 0 radical (unpaired) electrons. The summed E-state index contributed by atoms with van der Waals surface area (Å²) in [5.41, 5.74) is 3.75. The van der Waals surface area contributed by atoms with Gasteiger partial charge in [0.2, 0.25) is 5.91 Å². The molecule has 6 nitrogen and oxygen atoms in total. The molecular weight excluding hydrogens is 244 g/mol. The van der Waals surface area contributed by atoms with Gasteiger partial charge in [-0.05, 0) is 38.1 Å². The number of carbonyl (C=O) groups is 2. The van der Waals surface area contributed by atoms with E-state index < -0.39 is 0 Å². The molecule has 6 heteroatoms. The first-order chi connectivity index (χ1) is 9.02. The molecule has 1 aromatic rings. The van der Waals surface area contributed by atoms with Gasteiger partial charge in [-0.15, -0.1) is 0 Å². The second-order valence-electron chi connectivity index (χ2n) is 4.45. The van der Waals surface area contributed by atoms with Crippen molar-refractivity contribution >= 4 is 17.5 Å². The molecule has 0 aromatic heterocycles. The van der Waals surface area contributed by atoms with Gasteiger partial charge in [0.05, 0.1) is 0 Å². The lowest BCUT2D eigenvalue weighted by molar-refractivity contribution is -0.121. The average Bonchev–Trinajstić information content (AvgIpc) is 2.37. The van der Waals surface area contributed by atoms with Crippen LogP contribution in [0, 0.1) is 0 Å². The molecule has 0 fully saturated rings. The Morgan fingerprint density at radius 1 is 1.21 bits per heavy atom. The highest BCUT2D eigenvalue weighted by Crippen LogP contribution is 2.07. The predicted octanol–water partition coefficient (Wildman–Crippen LogP) is 0.617. The number of hydrogen-bond donors (Lipinski definition) is 4. The minimum Gasteiger partial charge on any atom is -0.354 e. The van der Waals surface area contributed by atoms with Crippen molar-refractivity contribution in [3.63, 3.8) is 0 Å². The number of amides is 2. The molecule has 0 spiro atoms. The van der Waals surface area contributed by atoms with Crippen LogP contribution in [0.25, 0.3) is 0 Å². The average molecular weight is 264 g/mol. The number of hydrogen-bond acceptors (Lipinski definition) is 4. The van der Waals surface area contributed by atoms with Gasteiger partial charge >= 0.3 is 0 Å². The second-order valence-corrected chi connectivity index (χ2v) is 4.45. The van der Waals surface area contributed by atoms with Crippen LogP contribution in [-0.2, 0) is 4.79 Å². The van der Waals surface area contributed by atoms with Crippen molar-refractivity contribution in [3.05, 3.63) is 29.8 Å². The molecule has 0 heterocycles. The molecule has 19 heavy (non-hydrogen) atoms. The third-order valence-corrected chi connectivity index (χ3v) is 2.40. The summed E-state index contributed by atoms with van der Waals surface area (Å²) in [5, 5.41) is 5.45. The summed E-state index contributed by atoms with van der Waals surface area (Å²) < 4.78 is 0. The van der Waals surface area contributed by atoms with Gasteiger partial charge in [0, 0.05) is 30.3 Å². The van der Waals surface area contributed by atoms with E-state index in [0.717, 1.165) is 5.69 Å². The summed E-state index contributed by atoms with van der Waals surface area (Å²) in [4.78, 5) is 23.1. The zero-order chi connectivity index (χ0) is 14.3. The molecule has 0 saturated heterocycles. The van der Waals surface area contributed by atoms with Crippen molar-refractivity contribution in [2.45, 2.75) is 26.3 Å². The van der Waals surface area contributed by atoms with Crippen LogP contribution >= 0.6 is 0 Å². The van der Waals surface area contributed by atoms with Crippen molar-refractivity contribution in [1.82, 2.24) is 10.6 Å². The third-order valence-electron chi connectivity index (χ3n) is 2.40. The molecule has 2 amide bonds. The first-order valence-electron chi connectivity index (χ1n) is 6.17. The fraction of sp³-hybridized carbons (Fsp3) is 0.385. The van der Waals surface area contributed by atoms with Crippen LogP contribution in [0.1, 0.15) is 30.6 Å². The minimum absolute atomic E-state index is 0.0713. The van der Waals surface area contributed by atoms with E-state index in [-0.39, 0.29) is 24.3 Å². The van der Waals surface area contributed by atoms with E-state index in [9.17, 15) is 9.59 Å². The molecule has 0 aliphatic heterocycles. The van der Waals surface area contributed by atoms with Gasteiger partial charge in [0.1, 0.15) is 0 Å². The van der Waals surface area contributed by atoms with Crippen LogP contribution in [-0.4, -0.2) is 24.4 Å². The molecule has 104 valence electrons. The number of hydrazine groups is 1. The van der Waals surface area contributed by atoms with Gasteiger partial charge in [-0.2, -0.15) is 0 Å². The number of benzene rings is 1. The smallest absolute Gasteiger partial charge is 0.251 e. The largest absolute Gasteiger partial charge is 0.354 e. The Morgan fingerprint density at radius 3 is 2.37 bits per heavy atom. The zero-order valence-corrected chi connectivity index (χ0v) is 11.2. The monoisotopic (exact) mass is 264 g/mol. The quantitative estimate of drug-likeness (QED) is 0.447. The molecule has 1 rings (SSSR count). The van der Waals surface area contributed by atoms with Gasteiger partial charge in [0.15, 0.2) is 0 Å². The minimum atomic E-state index is -0.207. The molecule has 0 aliphatic rings. The highest BCUT2D eigenvalue weighted by Gasteiger charge is 2.07. The van der Waals surface area contributed by atoms with E-state index in [4.69, 9.17) is 5.84 Å². The fourth-order valence-corrected chi connectivity index (χ4v) is 1.50. The zero-order valence-electron chi connectivity index (χ0n) is 11.2. The SMILES string of the molecule is CC(C)NC(=O)CCNC(=O)c1ccc(NN)cc1. The van der Waals surface area contributed by atoms with Gasteiger partial charge in [-0.1, -0.05) is 0 Å². The lowest BCUT2D eigenvalue weighted by Gasteiger charge is -2.09. The topological polar surface area (TPSA) is 96.2 Å². The fourth-order valence-electron chi connectivity index (χ4n) is 1.50. The maximum atomic E-state index is 11.8. The van der Waals surface area contributed by atoms with E-state index in [1.807, 2.05) is 13.8 Å². The Morgan fingerprint density at radius 2 is 1.84 bits per heavy atom. The van der Waals surface area contributed by atoms with Crippen molar-refractivity contribution in [2.24, 2.45) is 5.84 Å². The number of nitrogens with two attached hydrogens (primary N) is 1. The van der Waals surface area contributed by atoms with Crippen LogP contribution in [0.5, 0.6) is 0 Å². The number of carbonyl (C=O) groups excluding carboxylic acids is 2. The molecular formula is C13H20N4O2. The summed E-state index contributed by atoms with van der Waals surface area (Å²) in [6.45, 7) is 4.10. The summed E-state index contributed by atoms with van der Waals surface area (Å²) in [6, 6.07) is 6.86. The Balaban J connectivity index is 2.36. The van der Waals surface area contributed by atoms with Gasteiger partial charge < -0.3 is 16.1 Å². The second kappa shape index (κ2) is 7.38. The van der Waals surface area contributed by atoms with E-state index in [2.05, 4.69) is 16.1 Å². The highest BCUT2D eigenvalue weighted by atomic mass is 16.2. The van der Waals surface area contributed by atoms with Gasteiger partial charge in [0.25, 0.3) is 5.91 Å². The highest BCUT2D eigenvalue weighted by molar-refractivity contribution is 5.94. The van der Waals surface area contributed by atoms with E-state index in [1.54, 1.807) is 24.3 Å². The van der Waals surface area contributed by atoms with E-state index in [0.29, 0.717) is 12.1 Å². The molecule has 5 N–H and O–H groups in total. The van der Waals surface area contributed by atoms with Crippen molar-refractivity contribution in [2.75, 3.05) is 12.0 Å². The Bertz CT molecular complexity index is 429. The van der Waals surface area contributed by atoms with Crippen molar-refractivity contribution < 1.29 is 9.59 Å². The molecule has 0 unspecified atom stereocenters. The maximum Gasteiger partial charge on any atom is 0.251 e. The number of nitrogen functional groups attached to an aromatic ring is 1. The number of rotatable bonds is 6. The van der Waals surface area contributed by atoms with Gasteiger partial charge in [-0.25, -0.2) is 0 Å². The Hall–Kier alpha value is -2.08. The summed E-state index contributed by atoms with van der Waals surface area (Å²) in [7, 11) is 0. The Labute approximate surface area is 112 Å². The third kappa shape index (κ3) is 5.39. The van der Waals surface area contributed by atoms with Crippen molar-refractivity contribution in [3.8, 4) is 0 Å². The summed E-state index contributed by atoms with van der Waals surface area (Å²) >= 11 is 0. The normalized spacial score (nSPS) is 10.1. The lowest BCUT2D eigenvalue weighted by Crippen LogP contribution is -2.34. The molecule has 1 aromatic carbocycles. The van der Waals surface area contributed by atoms with E-state index >= 15 is 0 Å². The van der Waals surface area contributed by atoms with Crippen LogP contribution in [0.15, 0.2) is 24.3 Å². The standard InChI is InChI=1S/C13H20N4O2/c1-9(2)16-12(18)7-8-15-13(19)10-3-5-11(17-14)6-4-10/h3-6,9,17H,7-8,14H2,1-2H3,(H,15,19)(H,16,18). The first kappa shape index (κ1) is 15.0. The Kier molecular flexibility index (Phi) is 5.81. The molecule has 0 saturated carbocycles. The number of nitrogens with one attached hydrogen (secondary N) is 3. The molecule has 0 bridgehead atoms. The van der Waals surface area contributed by atoms with Crippen molar-refractivity contribution in [1.29, 1.82) is 0 Å². The molecule has 0 atom stereocenters. The van der Waals surface area contributed by atoms with Gasteiger partial charge in [-0.3, -0.25) is 15.4 Å². The summed E-state index contributed by atoms with van der Waals surface area (Å²) in [6.07, 6.45) is 0.270. The van der Waals surface area contributed by atoms with Crippen LogP contribution in [0.4, 0.5) is 5.69 Å². The first-order valence-corrected chi connectivity index (χ1v) is 6.17.